The van der Waals surface area contributed by atoms with E-state index in [2.05, 4.69) is 37.1 Å². The molecular weight excluding hydrogens is 254 g/mol. The molecule has 0 unspecified atom stereocenters. The maximum atomic E-state index is 8.85. The molecule has 3 nitrogen and oxygen atoms in total. The summed E-state index contributed by atoms with van der Waals surface area (Å²) >= 11 is 1.73. The minimum absolute atomic E-state index is 0.101. The first kappa shape index (κ1) is 13.6. The fourth-order valence-electron chi connectivity index (χ4n) is 1.62. The minimum atomic E-state index is 0.101. The predicted molar refractivity (Wildman–Crippen MR) is 79.3 cm³/mol. The molecule has 0 aliphatic heterocycles. The van der Waals surface area contributed by atoms with E-state index in [1.54, 1.807) is 17.4 Å². The van der Waals surface area contributed by atoms with Gasteiger partial charge in [-0.05, 0) is 18.2 Å². The zero-order valence-corrected chi connectivity index (χ0v) is 12.2. The van der Waals surface area contributed by atoms with E-state index < -0.39 is 0 Å². The lowest BCUT2D eigenvalue weighted by atomic mass is 9.98. The largest absolute Gasteiger partial charge is 0.380 e. The number of nitrogens with zero attached hydrogens (tertiary/aromatic N) is 2. The van der Waals surface area contributed by atoms with E-state index in [0.29, 0.717) is 5.56 Å². The first-order chi connectivity index (χ1) is 8.99. The Bertz CT molecular complexity index is 602. The molecule has 2 rings (SSSR count). The van der Waals surface area contributed by atoms with Gasteiger partial charge in [-0.3, -0.25) is 0 Å². The minimum Gasteiger partial charge on any atom is -0.380 e. The molecule has 0 atom stereocenters. The number of rotatable bonds is 3. The molecule has 1 heterocycles. The predicted octanol–water partition coefficient (Wildman–Crippen LogP) is 3.92. The van der Waals surface area contributed by atoms with Gasteiger partial charge in [0.1, 0.15) is 0 Å². The van der Waals surface area contributed by atoms with Crippen LogP contribution >= 0.6 is 11.3 Å². The first-order valence-corrected chi connectivity index (χ1v) is 7.00. The molecule has 4 heteroatoms. The molecule has 1 aromatic heterocycles. The van der Waals surface area contributed by atoms with Crippen molar-refractivity contribution in [2.24, 2.45) is 0 Å². The van der Waals surface area contributed by atoms with Crippen LogP contribution in [0.2, 0.25) is 0 Å². The van der Waals surface area contributed by atoms with E-state index >= 15 is 0 Å². The van der Waals surface area contributed by atoms with Crippen molar-refractivity contribution in [3.05, 3.63) is 45.9 Å². The van der Waals surface area contributed by atoms with Gasteiger partial charge in [0.25, 0.3) is 0 Å². The van der Waals surface area contributed by atoms with E-state index in [0.717, 1.165) is 17.2 Å². The molecule has 0 saturated carbocycles. The Hall–Kier alpha value is -1.86. The lowest BCUT2D eigenvalue weighted by Gasteiger charge is -2.13. The van der Waals surface area contributed by atoms with Gasteiger partial charge in [0, 0.05) is 22.2 Å². The number of anilines is 1. The highest BCUT2D eigenvalue weighted by Crippen LogP contribution is 2.27. The van der Waals surface area contributed by atoms with Crippen LogP contribution in [0.25, 0.3) is 0 Å². The topological polar surface area (TPSA) is 48.7 Å². The molecule has 0 radical (unpaired) electrons. The van der Waals surface area contributed by atoms with Crippen molar-refractivity contribution in [1.29, 1.82) is 5.26 Å². The SMILES string of the molecule is CC(C)(C)c1ncc(CNc2cccc(C#N)c2)s1. The van der Waals surface area contributed by atoms with Crippen LogP contribution in [0, 0.1) is 11.3 Å². The van der Waals surface area contributed by atoms with Gasteiger partial charge in [-0.2, -0.15) is 5.26 Å². The molecule has 0 amide bonds. The van der Waals surface area contributed by atoms with Crippen LogP contribution in [0.4, 0.5) is 5.69 Å². The fraction of sp³-hybridized carbons (Fsp3) is 0.333. The highest BCUT2D eigenvalue weighted by molar-refractivity contribution is 7.11. The smallest absolute Gasteiger partial charge is 0.0992 e. The van der Waals surface area contributed by atoms with Crippen LogP contribution in [0.1, 0.15) is 36.2 Å². The van der Waals surface area contributed by atoms with Crippen molar-refractivity contribution in [1.82, 2.24) is 4.98 Å². The number of hydrogen-bond acceptors (Lipinski definition) is 4. The monoisotopic (exact) mass is 271 g/mol. The average Bonchev–Trinajstić information content (AvgIpc) is 2.85. The highest BCUT2D eigenvalue weighted by atomic mass is 32.1. The van der Waals surface area contributed by atoms with E-state index in [1.165, 1.54) is 4.88 Å². The second kappa shape index (κ2) is 5.41. The van der Waals surface area contributed by atoms with E-state index in [-0.39, 0.29) is 5.41 Å². The Labute approximate surface area is 117 Å². The van der Waals surface area contributed by atoms with E-state index in [9.17, 15) is 0 Å². The van der Waals surface area contributed by atoms with Gasteiger partial charge in [0.2, 0.25) is 0 Å². The maximum Gasteiger partial charge on any atom is 0.0992 e. The summed E-state index contributed by atoms with van der Waals surface area (Å²) < 4.78 is 0. The first-order valence-electron chi connectivity index (χ1n) is 6.18. The molecule has 19 heavy (non-hydrogen) atoms. The third-order valence-corrected chi connectivity index (χ3v) is 4.08. The third kappa shape index (κ3) is 3.55. The fourth-order valence-corrected chi connectivity index (χ4v) is 2.53. The zero-order chi connectivity index (χ0) is 13.9. The lowest BCUT2D eigenvalue weighted by molar-refractivity contribution is 0.585. The van der Waals surface area contributed by atoms with Crippen LogP contribution < -0.4 is 5.32 Å². The maximum absolute atomic E-state index is 8.85. The highest BCUT2D eigenvalue weighted by Gasteiger charge is 2.17. The summed E-state index contributed by atoms with van der Waals surface area (Å²) in [6, 6.07) is 9.64. The lowest BCUT2D eigenvalue weighted by Crippen LogP contribution is -2.09. The Morgan fingerprint density at radius 1 is 1.37 bits per heavy atom. The van der Waals surface area contributed by atoms with E-state index in [1.807, 2.05) is 24.4 Å². The third-order valence-electron chi connectivity index (χ3n) is 2.65. The van der Waals surface area contributed by atoms with Gasteiger partial charge in [-0.1, -0.05) is 26.8 Å². The Kier molecular flexibility index (Phi) is 3.87. The summed E-state index contributed by atoms with van der Waals surface area (Å²) in [7, 11) is 0. The number of nitriles is 1. The average molecular weight is 271 g/mol. The van der Waals surface area contributed by atoms with Crippen molar-refractivity contribution < 1.29 is 0 Å². The van der Waals surface area contributed by atoms with Crippen molar-refractivity contribution in [3.8, 4) is 6.07 Å². The summed E-state index contributed by atoms with van der Waals surface area (Å²) in [6.45, 7) is 7.24. The molecule has 98 valence electrons. The summed E-state index contributed by atoms with van der Waals surface area (Å²) in [6.07, 6.45) is 1.92. The van der Waals surface area contributed by atoms with Crippen molar-refractivity contribution in [2.45, 2.75) is 32.7 Å². The zero-order valence-electron chi connectivity index (χ0n) is 11.4. The molecule has 1 N–H and O–H groups in total. The van der Waals surface area contributed by atoms with Crippen LogP contribution in [-0.4, -0.2) is 4.98 Å². The molecule has 2 aromatic rings. The van der Waals surface area contributed by atoms with Crippen LogP contribution in [-0.2, 0) is 12.0 Å². The second-order valence-electron chi connectivity index (χ2n) is 5.43. The molecule has 0 aliphatic rings. The molecule has 0 fully saturated rings. The number of thiazole rings is 1. The van der Waals surface area contributed by atoms with Gasteiger partial charge in [-0.25, -0.2) is 4.98 Å². The molecule has 1 aromatic carbocycles. The summed E-state index contributed by atoms with van der Waals surface area (Å²) in [5.74, 6) is 0. The quantitative estimate of drug-likeness (QED) is 0.920. The number of hydrogen-bond donors (Lipinski definition) is 1. The molecular formula is C15H17N3S. The van der Waals surface area contributed by atoms with Crippen LogP contribution in [0.15, 0.2) is 30.5 Å². The Balaban J connectivity index is 2.03. The Morgan fingerprint density at radius 2 is 2.16 bits per heavy atom. The molecule has 0 bridgehead atoms. The van der Waals surface area contributed by atoms with Crippen LogP contribution in [0.5, 0.6) is 0 Å². The van der Waals surface area contributed by atoms with Crippen molar-refractivity contribution in [3.63, 3.8) is 0 Å². The second-order valence-corrected chi connectivity index (χ2v) is 6.54. The summed E-state index contributed by atoms with van der Waals surface area (Å²) in [4.78, 5) is 5.66. The summed E-state index contributed by atoms with van der Waals surface area (Å²) in [5, 5.41) is 13.3. The number of aromatic nitrogens is 1. The standard InChI is InChI=1S/C15H17N3S/c1-15(2,3)14-18-10-13(19-14)9-17-12-6-4-5-11(7-12)8-16/h4-7,10,17H,9H2,1-3H3. The summed E-state index contributed by atoms with van der Waals surface area (Å²) in [5.41, 5.74) is 1.73. The normalized spacial score (nSPS) is 11.1. The number of nitrogens with one attached hydrogen (secondary N) is 1. The van der Waals surface area contributed by atoms with Crippen molar-refractivity contribution >= 4 is 17.0 Å². The Morgan fingerprint density at radius 3 is 2.79 bits per heavy atom. The van der Waals surface area contributed by atoms with Gasteiger partial charge in [0.05, 0.1) is 23.2 Å². The van der Waals surface area contributed by atoms with Gasteiger partial charge in [0.15, 0.2) is 0 Å². The van der Waals surface area contributed by atoms with Crippen LogP contribution in [0.3, 0.4) is 0 Å². The van der Waals surface area contributed by atoms with Gasteiger partial charge in [-0.15, -0.1) is 11.3 Å². The molecule has 0 aliphatic carbocycles. The van der Waals surface area contributed by atoms with E-state index in [4.69, 9.17) is 5.26 Å². The van der Waals surface area contributed by atoms with Crippen molar-refractivity contribution in [2.75, 3.05) is 5.32 Å². The molecule has 0 saturated heterocycles. The molecule has 0 spiro atoms. The van der Waals surface area contributed by atoms with Gasteiger partial charge < -0.3 is 5.32 Å². The number of benzene rings is 1. The van der Waals surface area contributed by atoms with Gasteiger partial charge >= 0.3 is 0 Å².